The first kappa shape index (κ1) is 18.5. The molecule has 1 saturated heterocycles. The Labute approximate surface area is 157 Å². The summed E-state index contributed by atoms with van der Waals surface area (Å²) in [6.07, 6.45) is 1.34. The third-order valence-electron chi connectivity index (χ3n) is 4.46. The fraction of sp³-hybridized carbons (Fsp3) is 0.316. The fourth-order valence-corrected chi connectivity index (χ4v) is 2.87. The average molecular weight is 367 g/mol. The lowest BCUT2D eigenvalue weighted by Gasteiger charge is -2.34. The summed E-state index contributed by atoms with van der Waals surface area (Å²) >= 11 is 0. The smallest absolute Gasteiger partial charge is 0.272 e. The molecule has 8 heteroatoms. The second-order valence-electron chi connectivity index (χ2n) is 6.35. The molecule has 2 heterocycles. The molecule has 1 N–H and O–H groups in total. The summed E-state index contributed by atoms with van der Waals surface area (Å²) in [6, 6.07) is 8.61. The first-order valence-electron chi connectivity index (χ1n) is 8.69. The van der Waals surface area contributed by atoms with Crippen molar-refractivity contribution in [2.75, 3.05) is 31.5 Å². The number of carbonyl (C=O) groups is 3. The minimum absolute atomic E-state index is 0.00124. The van der Waals surface area contributed by atoms with Gasteiger partial charge in [0.1, 0.15) is 17.8 Å². The summed E-state index contributed by atoms with van der Waals surface area (Å²) in [6.45, 7) is 5.07. The molecule has 2 aromatic rings. The number of anilines is 2. The summed E-state index contributed by atoms with van der Waals surface area (Å²) in [7, 11) is 0. The number of aromatic nitrogens is 2. The van der Waals surface area contributed by atoms with Crippen LogP contribution in [-0.2, 0) is 4.79 Å². The Bertz CT molecular complexity index is 858. The third-order valence-corrected chi connectivity index (χ3v) is 4.46. The molecule has 1 aliphatic heterocycles. The summed E-state index contributed by atoms with van der Waals surface area (Å²) in [5.74, 6) is 0.328. The molecule has 0 unspecified atom stereocenters. The Morgan fingerprint density at radius 3 is 2.15 bits per heavy atom. The van der Waals surface area contributed by atoms with Gasteiger partial charge < -0.3 is 15.1 Å². The molecule has 1 aromatic carbocycles. The zero-order valence-corrected chi connectivity index (χ0v) is 15.3. The van der Waals surface area contributed by atoms with Crippen LogP contribution in [0.3, 0.4) is 0 Å². The van der Waals surface area contributed by atoms with Gasteiger partial charge in [0.15, 0.2) is 5.78 Å². The van der Waals surface area contributed by atoms with Gasteiger partial charge in [-0.15, -0.1) is 0 Å². The maximum absolute atomic E-state index is 12.7. The van der Waals surface area contributed by atoms with Crippen molar-refractivity contribution in [3.63, 3.8) is 0 Å². The number of ketones is 1. The van der Waals surface area contributed by atoms with E-state index in [1.807, 2.05) is 0 Å². The minimum atomic E-state index is -0.185. The van der Waals surface area contributed by atoms with E-state index in [2.05, 4.69) is 15.3 Å². The van der Waals surface area contributed by atoms with Gasteiger partial charge in [-0.1, -0.05) is 0 Å². The van der Waals surface area contributed by atoms with E-state index in [1.165, 1.54) is 20.2 Å². The average Bonchev–Trinajstić information content (AvgIpc) is 2.68. The number of Topliss-reactive ketones (excluding diaryl/α,β-unsaturated/α-hetero) is 1. The number of amides is 2. The molecule has 140 valence electrons. The van der Waals surface area contributed by atoms with E-state index in [0.717, 1.165) is 5.69 Å². The maximum atomic E-state index is 12.7. The summed E-state index contributed by atoms with van der Waals surface area (Å²) in [5, 5.41) is 3.10. The lowest BCUT2D eigenvalue weighted by Crippen LogP contribution is -2.50. The van der Waals surface area contributed by atoms with Gasteiger partial charge in [-0.2, -0.15) is 0 Å². The SMILES string of the molecule is CC(=O)c1ccc(Nc2cc(C(=O)N3CCN(C(C)=O)CC3)ncn2)cc1. The number of hydrogen-bond acceptors (Lipinski definition) is 6. The Morgan fingerprint density at radius 1 is 0.926 bits per heavy atom. The molecular weight excluding hydrogens is 346 g/mol. The van der Waals surface area contributed by atoms with E-state index in [-0.39, 0.29) is 17.6 Å². The zero-order chi connectivity index (χ0) is 19.4. The maximum Gasteiger partial charge on any atom is 0.272 e. The van der Waals surface area contributed by atoms with Gasteiger partial charge in [-0.25, -0.2) is 9.97 Å². The van der Waals surface area contributed by atoms with Crippen LogP contribution in [0.25, 0.3) is 0 Å². The first-order valence-corrected chi connectivity index (χ1v) is 8.69. The van der Waals surface area contributed by atoms with Crippen molar-refractivity contribution in [1.29, 1.82) is 0 Å². The van der Waals surface area contributed by atoms with Gasteiger partial charge in [-0.3, -0.25) is 14.4 Å². The monoisotopic (exact) mass is 367 g/mol. The van der Waals surface area contributed by atoms with Crippen molar-refractivity contribution < 1.29 is 14.4 Å². The standard InChI is InChI=1S/C19H21N5O3/c1-13(25)15-3-5-16(6-4-15)22-18-11-17(20-12-21-18)19(27)24-9-7-23(8-10-24)14(2)26/h3-6,11-12H,7-10H2,1-2H3,(H,20,21,22). The topological polar surface area (TPSA) is 95.5 Å². The molecule has 27 heavy (non-hydrogen) atoms. The highest BCUT2D eigenvalue weighted by Gasteiger charge is 2.24. The highest BCUT2D eigenvalue weighted by atomic mass is 16.2. The number of carbonyl (C=O) groups excluding carboxylic acids is 3. The van der Waals surface area contributed by atoms with Gasteiger partial charge in [-0.05, 0) is 31.2 Å². The van der Waals surface area contributed by atoms with Crippen LogP contribution in [0.5, 0.6) is 0 Å². The lowest BCUT2D eigenvalue weighted by molar-refractivity contribution is -0.130. The van der Waals surface area contributed by atoms with Crippen LogP contribution in [0.1, 0.15) is 34.7 Å². The van der Waals surface area contributed by atoms with Crippen LogP contribution >= 0.6 is 0 Å². The Hall–Kier alpha value is -3.29. The predicted octanol–water partition coefficient (Wildman–Crippen LogP) is 1.73. The van der Waals surface area contributed by atoms with Gasteiger partial charge >= 0.3 is 0 Å². The third kappa shape index (κ3) is 4.46. The second-order valence-corrected chi connectivity index (χ2v) is 6.35. The number of hydrogen-bond donors (Lipinski definition) is 1. The number of piperazine rings is 1. The number of benzene rings is 1. The van der Waals surface area contributed by atoms with Crippen LogP contribution < -0.4 is 5.32 Å². The van der Waals surface area contributed by atoms with Crippen LogP contribution in [0.15, 0.2) is 36.7 Å². The predicted molar refractivity (Wildman–Crippen MR) is 99.9 cm³/mol. The van der Waals surface area contributed by atoms with Crippen molar-refractivity contribution in [3.05, 3.63) is 47.9 Å². The number of rotatable bonds is 4. The van der Waals surface area contributed by atoms with E-state index in [1.54, 1.807) is 40.1 Å². The van der Waals surface area contributed by atoms with Gasteiger partial charge in [0.25, 0.3) is 5.91 Å². The molecule has 0 spiro atoms. The molecule has 0 atom stereocenters. The van der Waals surface area contributed by atoms with E-state index in [4.69, 9.17) is 0 Å². The zero-order valence-electron chi connectivity index (χ0n) is 15.3. The van der Waals surface area contributed by atoms with Crippen LogP contribution in [0.2, 0.25) is 0 Å². The van der Waals surface area contributed by atoms with E-state index in [0.29, 0.717) is 43.3 Å². The van der Waals surface area contributed by atoms with Crippen molar-refractivity contribution in [2.45, 2.75) is 13.8 Å². The first-order chi connectivity index (χ1) is 12.9. The quantitative estimate of drug-likeness (QED) is 0.827. The molecule has 1 aliphatic rings. The lowest BCUT2D eigenvalue weighted by atomic mass is 10.1. The normalized spacial score (nSPS) is 14.0. The molecule has 2 amide bonds. The van der Waals surface area contributed by atoms with E-state index >= 15 is 0 Å². The van der Waals surface area contributed by atoms with Crippen molar-refractivity contribution in [3.8, 4) is 0 Å². The molecule has 0 bridgehead atoms. The molecule has 3 rings (SSSR count). The van der Waals surface area contributed by atoms with Crippen LogP contribution in [-0.4, -0.2) is 63.5 Å². The molecule has 0 aliphatic carbocycles. The highest BCUT2D eigenvalue weighted by Crippen LogP contribution is 2.17. The highest BCUT2D eigenvalue weighted by molar-refractivity contribution is 5.94. The molecule has 1 aromatic heterocycles. The van der Waals surface area contributed by atoms with Crippen LogP contribution in [0, 0.1) is 0 Å². The fourth-order valence-electron chi connectivity index (χ4n) is 2.87. The number of nitrogens with one attached hydrogen (secondary N) is 1. The van der Waals surface area contributed by atoms with Crippen molar-refractivity contribution in [1.82, 2.24) is 19.8 Å². The molecule has 0 radical (unpaired) electrons. The second kappa shape index (κ2) is 7.94. The minimum Gasteiger partial charge on any atom is -0.340 e. The van der Waals surface area contributed by atoms with Gasteiger partial charge in [0.05, 0.1) is 0 Å². The van der Waals surface area contributed by atoms with Gasteiger partial charge in [0, 0.05) is 50.4 Å². The Kier molecular flexibility index (Phi) is 5.44. The van der Waals surface area contributed by atoms with Crippen molar-refractivity contribution in [2.24, 2.45) is 0 Å². The molecule has 1 fully saturated rings. The summed E-state index contributed by atoms with van der Waals surface area (Å²) in [5.41, 5.74) is 1.68. The Morgan fingerprint density at radius 2 is 1.56 bits per heavy atom. The van der Waals surface area contributed by atoms with E-state index < -0.39 is 0 Å². The molecular formula is C19H21N5O3. The molecule has 0 saturated carbocycles. The van der Waals surface area contributed by atoms with E-state index in [9.17, 15) is 14.4 Å². The summed E-state index contributed by atoms with van der Waals surface area (Å²) < 4.78 is 0. The van der Waals surface area contributed by atoms with Crippen molar-refractivity contribution >= 4 is 29.1 Å². The van der Waals surface area contributed by atoms with Gasteiger partial charge in [0.2, 0.25) is 5.91 Å². The largest absolute Gasteiger partial charge is 0.340 e. The molecule has 8 nitrogen and oxygen atoms in total. The van der Waals surface area contributed by atoms with Crippen LogP contribution in [0.4, 0.5) is 11.5 Å². The summed E-state index contributed by atoms with van der Waals surface area (Å²) in [4.78, 5) is 47.0. The number of nitrogens with zero attached hydrogens (tertiary/aromatic N) is 4. The Balaban J connectivity index is 1.67.